The second-order valence-corrected chi connectivity index (χ2v) is 2.25. The Balaban J connectivity index is 3.26. The van der Waals surface area contributed by atoms with Crippen LogP contribution in [0.5, 0.6) is 0 Å². The lowest BCUT2D eigenvalue weighted by Gasteiger charge is -2.07. The third-order valence-corrected chi connectivity index (χ3v) is 1.27. The minimum Gasteiger partial charge on any atom is -0.543 e. The third-order valence-electron chi connectivity index (χ3n) is 1.27. The quantitative estimate of drug-likeness (QED) is 0.532. The molecule has 1 aromatic heterocycles. The summed E-state index contributed by atoms with van der Waals surface area (Å²) in [6.45, 7) is 0. The average molecular weight is 180 g/mol. The first-order valence-corrected chi connectivity index (χ1v) is 3.21. The highest BCUT2D eigenvalue weighted by Crippen LogP contribution is 2.06. The summed E-state index contributed by atoms with van der Waals surface area (Å²) < 4.78 is 0. The van der Waals surface area contributed by atoms with Gasteiger partial charge in [0.1, 0.15) is 0 Å². The van der Waals surface area contributed by atoms with Crippen molar-refractivity contribution in [3.8, 4) is 0 Å². The second-order valence-electron chi connectivity index (χ2n) is 2.25. The number of nitrogens with zero attached hydrogens (tertiary/aromatic N) is 1. The second kappa shape index (κ2) is 3.10. The molecule has 1 aromatic rings. The van der Waals surface area contributed by atoms with Crippen molar-refractivity contribution >= 4 is 17.6 Å². The predicted molar refractivity (Wildman–Crippen MR) is 37.3 cm³/mol. The molecule has 0 fully saturated rings. The van der Waals surface area contributed by atoms with Crippen molar-refractivity contribution in [2.45, 2.75) is 0 Å². The Hall–Kier alpha value is -2.11. The molecule has 0 amide bonds. The molecule has 0 spiro atoms. The molecule has 1 heterocycles. The summed E-state index contributed by atoms with van der Waals surface area (Å²) in [5.41, 5.74) is 4.14. The van der Waals surface area contributed by atoms with Crippen LogP contribution in [0.1, 0.15) is 21.0 Å². The molecule has 0 aliphatic heterocycles. The van der Waals surface area contributed by atoms with Crippen LogP contribution in [-0.2, 0) is 0 Å². The van der Waals surface area contributed by atoms with E-state index in [1.54, 1.807) is 0 Å². The molecule has 6 nitrogen and oxygen atoms in total. The fourth-order valence-corrected chi connectivity index (χ4v) is 0.761. The summed E-state index contributed by atoms with van der Waals surface area (Å²) in [4.78, 5) is 23.8. The number of aromatic carboxylic acids is 2. The Morgan fingerprint density at radius 3 is 1.85 bits per heavy atom. The molecule has 0 unspecified atom stereocenters. The molecule has 0 aliphatic rings. The summed E-state index contributed by atoms with van der Waals surface area (Å²) >= 11 is 0. The number of hydrogen-bond acceptors (Lipinski definition) is 6. The highest BCUT2D eigenvalue weighted by atomic mass is 16.4. The van der Waals surface area contributed by atoms with Gasteiger partial charge in [-0.3, -0.25) is 0 Å². The van der Waals surface area contributed by atoms with Crippen molar-refractivity contribution < 1.29 is 19.8 Å². The van der Waals surface area contributed by atoms with Gasteiger partial charge in [0, 0.05) is 5.69 Å². The number of hydrogen-bond donors (Lipinski definition) is 1. The van der Waals surface area contributed by atoms with E-state index < -0.39 is 23.3 Å². The van der Waals surface area contributed by atoms with Gasteiger partial charge in [0.25, 0.3) is 0 Å². The zero-order valence-electron chi connectivity index (χ0n) is 6.31. The van der Waals surface area contributed by atoms with E-state index in [0.717, 1.165) is 12.1 Å². The van der Waals surface area contributed by atoms with Crippen LogP contribution in [0.15, 0.2) is 12.1 Å². The monoisotopic (exact) mass is 180 g/mol. The van der Waals surface area contributed by atoms with Gasteiger partial charge in [-0.25, -0.2) is 4.98 Å². The summed E-state index contributed by atoms with van der Waals surface area (Å²) in [6, 6.07) is 2.00. The topological polar surface area (TPSA) is 119 Å². The Bertz CT molecular complexity index is 343. The third kappa shape index (κ3) is 1.92. The van der Waals surface area contributed by atoms with Crippen LogP contribution in [0.25, 0.3) is 0 Å². The van der Waals surface area contributed by atoms with Gasteiger partial charge in [-0.05, 0) is 12.1 Å². The van der Waals surface area contributed by atoms with Crippen molar-refractivity contribution in [3.63, 3.8) is 0 Å². The molecule has 0 aromatic carbocycles. The van der Waals surface area contributed by atoms with Crippen molar-refractivity contribution in [2.24, 2.45) is 0 Å². The van der Waals surface area contributed by atoms with Crippen LogP contribution < -0.4 is 15.9 Å². The van der Waals surface area contributed by atoms with Crippen molar-refractivity contribution in [3.05, 3.63) is 23.5 Å². The fourth-order valence-electron chi connectivity index (χ4n) is 0.761. The van der Waals surface area contributed by atoms with Gasteiger partial charge >= 0.3 is 0 Å². The summed E-state index contributed by atoms with van der Waals surface area (Å²) in [5, 5.41) is 20.6. The molecule has 0 saturated heterocycles. The van der Waals surface area contributed by atoms with Gasteiger partial charge in [-0.15, -0.1) is 0 Å². The van der Waals surface area contributed by atoms with Gasteiger partial charge in [0.15, 0.2) is 0 Å². The minimum atomic E-state index is -1.59. The first kappa shape index (κ1) is 8.98. The number of carbonyl (C=O) groups excluding carboxylic acids is 2. The molecule has 0 radical (unpaired) electrons. The van der Waals surface area contributed by atoms with E-state index in [2.05, 4.69) is 4.98 Å². The largest absolute Gasteiger partial charge is 0.543 e. The van der Waals surface area contributed by atoms with E-state index in [1.165, 1.54) is 0 Å². The van der Waals surface area contributed by atoms with E-state index in [-0.39, 0.29) is 5.69 Å². The number of carboxylic acids is 2. The first-order valence-electron chi connectivity index (χ1n) is 3.21. The van der Waals surface area contributed by atoms with Crippen LogP contribution in [0, 0.1) is 0 Å². The van der Waals surface area contributed by atoms with Gasteiger partial charge in [0.2, 0.25) is 0 Å². The molecular weight excluding hydrogens is 176 g/mol. The smallest absolute Gasteiger partial charge is 0.0900 e. The Morgan fingerprint density at radius 1 is 1.15 bits per heavy atom. The zero-order chi connectivity index (χ0) is 10.0. The van der Waals surface area contributed by atoms with Crippen LogP contribution >= 0.6 is 0 Å². The van der Waals surface area contributed by atoms with Gasteiger partial charge in [-0.1, -0.05) is 0 Å². The van der Waals surface area contributed by atoms with Crippen LogP contribution in [-0.4, -0.2) is 16.9 Å². The zero-order valence-corrected chi connectivity index (χ0v) is 6.31. The maximum Gasteiger partial charge on any atom is 0.0900 e. The number of aromatic nitrogens is 1. The molecule has 2 N–H and O–H groups in total. The van der Waals surface area contributed by atoms with E-state index in [0.29, 0.717) is 0 Å². The SMILES string of the molecule is Nc1cc(C(=O)[O-])nc(C(=O)[O-])c1. The number of nitrogens with two attached hydrogens (primary N) is 1. The average Bonchev–Trinajstić information content (AvgIpc) is 2.03. The molecule has 1 rings (SSSR count). The van der Waals surface area contributed by atoms with E-state index >= 15 is 0 Å². The molecule has 0 aliphatic carbocycles. The van der Waals surface area contributed by atoms with E-state index in [1.807, 2.05) is 0 Å². The van der Waals surface area contributed by atoms with Crippen LogP contribution in [0.2, 0.25) is 0 Å². The normalized spacial score (nSPS) is 9.54. The number of pyridine rings is 1. The molecule has 13 heavy (non-hydrogen) atoms. The predicted octanol–water partition coefficient (Wildman–Crippen LogP) is -2.61. The Morgan fingerprint density at radius 2 is 1.54 bits per heavy atom. The van der Waals surface area contributed by atoms with Crippen molar-refractivity contribution in [2.75, 3.05) is 5.73 Å². The summed E-state index contributed by atoms with van der Waals surface area (Å²) in [6.07, 6.45) is 0. The lowest BCUT2D eigenvalue weighted by atomic mass is 10.2. The van der Waals surface area contributed by atoms with Crippen LogP contribution in [0.4, 0.5) is 5.69 Å². The standard InChI is InChI=1S/C7H6N2O4/c8-3-1-4(6(10)11)9-5(2-3)7(12)13/h1-2H,(H2,8,9)(H,10,11)(H,12,13)/p-2. The lowest BCUT2D eigenvalue weighted by Crippen LogP contribution is -2.28. The highest BCUT2D eigenvalue weighted by molar-refractivity contribution is 5.89. The number of nitrogen functional groups attached to an aromatic ring is 1. The number of carboxylic acid groups (broad SMARTS) is 2. The van der Waals surface area contributed by atoms with E-state index in [4.69, 9.17) is 5.73 Å². The molecule has 0 atom stereocenters. The van der Waals surface area contributed by atoms with E-state index in [9.17, 15) is 19.8 Å². The molecule has 68 valence electrons. The Kier molecular flexibility index (Phi) is 2.14. The lowest BCUT2D eigenvalue weighted by molar-refractivity contribution is -0.255. The van der Waals surface area contributed by atoms with Gasteiger partial charge in [0.05, 0.1) is 23.3 Å². The molecule has 0 bridgehead atoms. The number of carbonyl (C=O) groups is 2. The van der Waals surface area contributed by atoms with Crippen LogP contribution in [0.3, 0.4) is 0 Å². The number of rotatable bonds is 2. The first-order chi connectivity index (χ1) is 6.00. The Labute approximate surface area is 72.6 Å². The number of anilines is 1. The molecule has 6 heteroatoms. The fraction of sp³-hybridized carbons (Fsp3) is 0. The highest BCUT2D eigenvalue weighted by Gasteiger charge is 2.01. The summed E-state index contributed by atoms with van der Waals surface area (Å²) in [7, 11) is 0. The minimum absolute atomic E-state index is 0.0200. The van der Waals surface area contributed by atoms with Crippen molar-refractivity contribution in [1.82, 2.24) is 4.98 Å². The maximum absolute atomic E-state index is 10.3. The van der Waals surface area contributed by atoms with Gasteiger partial charge in [-0.2, -0.15) is 0 Å². The molecule has 0 saturated carbocycles. The molecular formula is C7H4N2O4-2. The van der Waals surface area contributed by atoms with Gasteiger partial charge < -0.3 is 25.5 Å². The van der Waals surface area contributed by atoms with Crippen molar-refractivity contribution in [1.29, 1.82) is 0 Å². The summed E-state index contributed by atoms with van der Waals surface area (Å²) in [5.74, 6) is -3.18. The maximum atomic E-state index is 10.3.